The van der Waals surface area contributed by atoms with E-state index in [2.05, 4.69) is 20.4 Å². The molecule has 0 bridgehead atoms. The monoisotopic (exact) mass is 399 g/mol. The van der Waals surface area contributed by atoms with E-state index in [-0.39, 0.29) is 16.8 Å². The highest BCUT2D eigenvalue weighted by Gasteiger charge is 2.37. The van der Waals surface area contributed by atoms with Crippen molar-refractivity contribution in [1.29, 1.82) is 0 Å². The predicted molar refractivity (Wildman–Crippen MR) is 97.9 cm³/mol. The molecule has 0 aliphatic carbocycles. The molecule has 1 saturated heterocycles. The van der Waals surface area contributed by atoms with Gasteiger partial charge in [0.1, 0.15) is 0 Å². The second kappa shape index (κ2) is 8.20. The lowest BCUT2D eigenvalue weighted by Gasteiger charge is -2.28. The molecular weight excluding hydrogens is 379 g/mol. The molecule has 1 aliphatic heterocycles. The number of carbonyl (C=O) groups is 1. The summed E-state index contributed by atoms with van der Waals surface area (Å²) in [7, 11) is 1.22. The van der Waals surface area contributed by atoms with Gasteiger partial charge < -0.3 is 14.8 Å². The quantitative estimate of drug-likeness (QED) is 0.779. The maximum absolute atomic E-state index is 12.7. The van der Waals surface area contributed by atoms with Gasteiger partial charge in [-0.25, -0.2) is 0 Å². The summed E-state index contributed by atoms with van der Waals surface area (Å²) in [5.74, 6) is -1.46. The van der Waals surface area contributed by atoms with Gasteiger partial charge in [0.2, 0.25) is 11.7 Å². The van der Waals surface area contributed by atoms with Crippen LogP contribution in [0.5, 0.6) is 0 Å². The Morgan fingerprint density at radius 2 is 1.81 bits per heavy atom. The number of aromatic nitrogens is 3. The van der Waals surface area contributed by atoms with Crippen LogP contribution in [0.1, 0.15) is 25.1 Å². The van der Waals surface area contributed by atoms with E-state index < -0.39 is 12.0 Å². The van der Waals surface area contributed by atoms with Crippen LogP contribution in [0.4, 0.5) is 24.5 Å². The van der Waals surface area contributed by atoms with Gasteiger partial charge in [0.05, 0.1) is 5.75 Å². The Hall–Kier alpha value is -2.23. The molecule has 1 amide bonds. The van der Waals surface area contributed by atoms with Gasteiger partial charge >= 0.3 is 6.18 Å². The molecular formula is C17H20F3N5OS. The number of amides is 1. The van der Waals surface area contributed by atoms with Crippen LogP contribution in [0, 0.1) is 0 Å². The summed E-state index contributed by atoms with van der Waals surface area (Å²) in [4.78, 5) is 14.4. The van der Waals surface area contributed by atoms with Gasteiger partial charge in [-0.05, 0) is 43.5 Å². The van der Waals surface area contributed by atoms with Crippen LogP contribution in [0.25, 0.3) is 0 Å². The van der Waals surface area contributed by atoms with Gasteiger partial charge in [-0.3, -0.25) is 4.79 Å². The third-order valence-corrected chi connectivity index (χ3v) is 5.31. The molecule has 10 heteroatoms. The third kappa shape index (κ3) is 4.94. The minimum atomic E-state index is -4.57. The summed E-state index contributed by atoms with van der Waals surface area (Å²) in [5.41, 5.74) is 1.77. The maximum Gasteiger partial charge on any atom is 0.451 e. The van der Waals surface area contributed by atoms with E-state index in [0.717, 1.165) is 35.1 Å². The van der Waals surface area contributed by atoms with Crippen LogP contribution in [0.15, 0.2) is 29.4 Å². The van der Waals surface area contributed by atoms with Crippen molar-refractivity contribution in [3.63, 3.8) is 0 Å². The van der Waals surface area contributed by atoms with Crippen molar-refractivity contribution < 1.29 is 18.0 Å². The van der Waals surface area contributed by atoms with Crippen molar-refractivity contribution in [1.82, 2.24) is 14.8 Å². The highest BCUT2D eigenvalue weighted by Crippen LogP contribution is 2.29. The summed E-state index contributed by atoms with van der Waals surface area (Å²) < 4.78 is 38.9. The molecule has 0 saturated carbocycles. The fourth-order valence-electron chi connectivity index (χ4n) is 2.92. The van der Waals surface area contributed by atoms with Crippen molar-refractivity contribution in [2.75, 3.05) is 29.1 Å². The van der Waals surface area contributed by atoms with Gasteiger partial charge in [0.15, 0.2) is 5.16 Å². The van der Waals surface area contributed by atoms with Crippen molar-refractivity contribution >= 4 is 29.0 Å². The summed E-state index contributed by atoms with van der Waals surface area (Å²) in [6, 6.07) is 7.59. The molecule has 1 aromatic carbocycles. The number of piperidine rings is 1. The van der Waals surface area contributed by atoms with Gasteiger partial charge in [-0.1, -0.05) is 11.8 Å². The van der Waals surface area contributed by atoms with Crippen LogP contribution >= 0.6 is 11.8 Å². The van der Waals surface area contributed by atoms with Crippen LogP contribution in [0.2, 0.25) is 0 Å². The Morgan fingerprint density at radius 1 is 1.15 bits per heavy atom. The smallest absolute Gasteiger partial charge is 0.372 e. The lowest BCUT2D eigenvalue weighted by atomic mass is 10.1. The average molecular weight is 399 g/mol. The topological polar surface area (TPSA) is 63.1 Å². The van der Waals surface area contributed by atoms with E-state index in [0.29, 0.717) is 5.69 Å². The van der Waals surface area contributed by atoms with Crippen LogP contribution in [-0.4, -0.2) is 39.5 Å². The first-order chi connectivity index (χ1) is 12.8. The minimum absolute atomic E-state index is 0.0397. The Morgan fingerprint density at radius 3 is 2.41 bits per heavy atom. The van der Waals surface area contributed by atoms with Crippen molar-refractivity contribution in [3.8, 4) is 0 Å². The number of rotatable bonds is 5. The molecule has 1 fully saturated rings. The number of alkyl halides is 3. The fourth-order valence-corrected chi connectivity index (χ4v) is 3.63. The van der Waals surface area contributed by atoms with E-state index in [1.54, 1.807) is 0 Å². The third-order valence-electron chi connectivity index (χ3n) is 4.29. The maximum atomic E-state index is 12.7. The molecule has 0 unspecified atom stereocenters. The average Bonchev–Trinajstić information content (AvgIpc) is 3.02. The van der Waals surface area contributed by atoms with Crippen molar-refractivity contribution in [2.45, 2.75) is 30.6 Å². The molecule has 1 aliphatic rings. The molecule has 27 heavy (non-hydrogen) atoms. The van der Waals surface area contributed by atoms with E-state index in [1.165, 1.54) is 26.3 Å². The first-order valence-electron chi connectivity index (χ1n) is 8.59. The standard InChI is InChI=1S/C17H20F3N5OS/c1-24-15(17(18,19)20)22-23-16(24)27-11-14(26)21-12-5-7-13(8-6-12)25-9-3-2-4-10-25/h5-8H,2-4,9-11H2,1H3,(H,21,26). The van der Waals surface area contributed by atoms with E-state index >= 15 is 0 Å². The Labute approximate surface area is 159 Å². The molecule has 6 nitrogen and oxygen atoms in total. The normalized spacial score (nSPS) is 15.0. The van der Waals surface area contributed by atoms with Crippen molar-refractivity contribution in [3.05, 3.63) is 30.1 Å². The molecule has 146 valence electrons. The highest BCUT2D eigenvalue weighted by atomic mass is 32.2. The van der Waals surface area contributed by atoms with E-state index in [9.17, 15) is 18.0 Å². The number of hydrogen-bond acceptors (Lipinski definition) is 5. The van der Waals surface area contributed by atoms with Gasteiger partial charge in [0.25, 0.3) is 0 Å². The minimum Gasteiger partial charge on any atom is -0.372 e. The molecule has 0 atom stereocenters. The molecule has 1 aromatic heterocycles. The predicted octanol–water partition coefficient (Wildman–Crippen LogP) is 3.56. The van der Waals surface area contributed by atoms with Gasteiger partial charge in [-0.2, -0.15) is 13.2 Å². The second-order valence-corrected chi connectivity index (χ2v) is 7.24. The number of benzene rings is 1. The Bertz CT molecular complexity index is 785. The molecule has 3 rings (SSSR count). The number of thioether (sulfide) groups is 1. The largest absolute Gasteiger partial charge is 0.451 e. The van der Waals surface area contributed by atoms with Gasteiger partial charge in [0, 0.05) is 31.5 Å². The van der Waals surface area contributed by atoms with Crippen LogP contribution in [-0.2, 0) is 18.0 Å². The summed E-state index contributed by atoms with van der Waals surface area (Å²) in [5, 5.41) is 9.41. The summed E-state index contributed by atoms with van der Waals surface area (Å²) in [6.45, 7) is 2.08. The number of nitrogens with zero attached hydrogens (tertiary/aromatic N) is 4. The summed E-state index contributed by atoms with van der Waals surface area (Å²) in [6.07, 6.45) is -0.932. The fraction of sp³-hybridized carbons (Fsp3) is 0.471. The zero-order valence-corrected chi connectivity index (χ0v) is 15.6. The molecule has 2 aromatic rings. The van der Waals surface area contributed by atoms with Gasteiger partial charge in [-0.15, -0.1) is 10.2 Å². The Kier molecular flexibility index (Phi) is 5.93. The van der Waals surface area contributed by atoms with E-state index in [4.69, 9.17) is 0 Å². The number of halogens is 3. The zero-order valence-electron chi connectivity index (χ0n) is 14.8. The summed E-state index contributed by atoms with van der Waals surface area (Å²) >= 11 is 0.906. The second-order valence-electron chi connectivity index (χ2n) is 6.29. The molecule has 2 heterocycles. The number of anilines is 2. The van der Waals surface area contributed by atoms with Crippen molar-refractivity contribution in [2.24, 2.45) is 7.05 Å². The molecule has 1 N–H and O–H groups in total. The lowest BCUT2D eigenvalue weighted by molar-refractivity contribution is -0.147. The first kappa shape index (κ1) is 19.5. The first-order valence-corrected chi connectivity index (χ1v) is 9.57. The lowest BCUT2D eigenvalue weighted by Crippen LogP contribution is -2.29. The van der Waals surface area contributed by atoms with E-state index in [1.807, 2.05) is 24.3 Å². The van der Waals surface area contributed by atoms with Crippen LogP contribution < -0.4 is 10.2 Å². The molecule has 0 radical (unpaired) electrons. The molecule has 0 spiro atoms. The highest BCUT2D eigenvalue weighted by molar-refractivity contribution is 7.99. The zero-order chi connectivity index (χ0) is 19.4. The van der Waals surface area contributed by atoms with Crippen LogP contribution in [0.3, 0.4) is 0 Å². The number of carbonyl (C=O) groups excluding carboxylic acids is 1. The SMILES string of the molecule is Cn1c(SCC(=O)Nc2ccc(N3CCCCC3)cc2)nnc1C(F)(F)F. The Balaban J connectivity index is 1.53. The number of hydrogen-bond donors (Lipinski definition) is 1. The number of nitrogens with one attached hydrogen (secondary N) is 1.